The Balaban J connectivity index is 2.02. The van der Waals surface area contributed by atoms with Gasteiger partial charge in [-0.1, -0.05) is 24.3 Å². The van der Waals surface area contributed by atoms with E-state index in [4.69, 9.17) is 4.74 Å². The Morgan fingerprint density at radius 1 is 1.15 bits per heavy atom. The molecule has 0 radical (unpaired) electrons. The first-order chi connectivity index (χ1) is 12.7. The van der Waals surface area contributed by atoms with Crippen LogP contribution in [0.3, 0.4) is 0 Å². The van der Waals surface area contributed by atoms with Crippen molar-refractivity contribution in [2.45, 2.75) is 31.8 Å². The van der Waals surface area contributed by atoms with Crippen molar-refractivity contribution < 1.29 is 22.5 Å². The molecule has 27 heavy (non-hydrogen) atoms. The summed E-state index contributed by atoms with van der Waals surface area (Å²) in [6.07, 6.45) is 1.23. The number of rotatable bonds is 8. The van der Waals surface area contributed by atoms with Crippen molar-refractivity contribution in [2.24, 2.45) is 0 Å². The number of ether oxygens (including phenoxy) is 1. The van der Waals surface area contributed by atoms with Crippen molar-refractivity contribution in [2.75, 3.05) is 18.4 Å². The maximum Gasteiger partial charge on any atom is 0.332 e. The Labute approximate surface area is 159 Å². The van der Waals surface area contributed by atoms with Gasteiger partial charge in [-0.2, -0.15) is 8.42 Å². The molecule has 146 valence electrons. The lowest BCUT2D eigenvalue weighted by molar-refractivity contribution is -0.141. The molecule has 0 saturated carbocycles. The van der Waals surface area contributed by atoms with Gasteiger partial charge >= 0.3 is 5.97 Å². The molecule has 2 rings (SSSR count). The van der Waals surface area contributed by atoms with Crippen LogP contribution in [0.15, 0.2) is 53.1 Å². The van der Waals surface area contributed by atoms with Crippen LogP contribution in [0.25, 0.3) is 10.8 Å². The van der Waals surface area contributed by atoms with Gasteiger partial charge in [0.15, 0.2) is 0 Å². The molecule has 0 amide bonds. The van der Waals surface area contributed by atoms with E-state index in [9.17, 15) is 17.8 Å². The van der Waals surface area contributed by atoms with Crippen LogP contribution in [0.2, 0.25) is 0 Å². The van der Waals surface area contributed by atoms with Crippen molar-refractivity contribution in [1.29, 1.82) is 0 Å². The zero-order valence-corrected chi connectivity index (χ0v) is 16.3. The standard InChI is InChI=1S/C19H24N2O5S/c1-13(2)26-19(22)12-14(3)20-10-11-21-17-8-4-7-16-15(17)6-5-9-18(16)27(23,24)25/h4-9,12-13,20-21H,10-11H2,1-3H3,(H,23,24,25)/b14-12-. The van der Waals surface area contributed by atoms with Crippen LogP contribution in [0.4, 0.5) is 5.69 Å². The van der Waals surface area contributed by atoms with Gasteiger partial charge < -0.3 is 15.4 Å². The summed E-state index contributed by atoms with van der Waals surface area (Å²) in [6, 6.07) is 9.94. The Morgan fingerprint density at radius 2 is 1.81 bits per heavy atom. The number of hydrogen-bond donors (Lipinski definition) is 3. The van der Waals surface area contributed by atoms with Crippen LogP contribution in [0, 0.1) is 0 Å². The average Bonchev–Trinajstić information content (AvgIpc) is 2.56. The maximum absolute atomic E-state index is 11.6. The van der Waals surface area contributed by atoms with Gasteiger partial charge in [0.25, 0.3) is 10.1 Å². The molecule has 0 aliphatic carbocycles. The first-order valence-corrected chi connectivity index (χ1v) is 9.98. The van der Waals surface area contributed by atoms with Gasteiger partial charge in [-0.15, -0.1) is 0 Å². The topological polar surface area (TPSA) is 105 Å². The Kier molecular flexibility index (Phi) is 6.81. The number of anilines is 1. The van der Waals surface area contributed by atoms with E-state index in [1.807, 2.05) is 6.07 Å². The predicted molar refractivity (Wildman–Crippen MR) is 105 cm³/mol. The van der Waals surface area contributed by atoms with Crippen LogP contribution in [0.5, 0.6) is 0 Å². The van der Waals surface area contributed by atoms with Gasteiger partial charge in [0.2, 0.25) is 0 Å². The molecule has 0 fully saturated rings. The molecule has 0 spiro atoms. The summed E-state index contributed by atoms with van der Waals surface area (Å²) < 4.78 is 37.5. The lowest BCUT2D eigenvalue weighted by Crippen LogP contribution is -2.22. The zero-order chi connectivity index (χ0) is 20.0. The zero-order valence-electron chi connectivity index (χ0n) is 15.5. The van der Waals surface area contributed by atoms with E-state index in [0.717, 1.165) is 5.69 Å². The highest BCUT2D eigenvalue weighted by molar-refractivity contribution is 7.86. The van der Waals surface area contributed by atoms with Crippen LogP contribution in [-0.4, -0.2) is 38.1 Å². The van der Waals surface area contributed by atoms with Crippen molar-refractivity contribution in [3.63, 3.8) is 0 Å². The summed E-state index contributed by atoms with van der Waals surface area (Å²) in [5.74, 6) is -0.394. The fourth-order valence-electron chi connectivity index (χ4n) is 2.61. The minimum Gasteiger partial charge on any atom is -0.460 e. The van der Waals surface area contributed by atoms with E-state index >= 15 is 0 Å². The highest BCUT2D eigenvalue weighted by Crippen LogP contribution is 2.28. The third kappa shape index (κ3) is 5.97. The van der Waals surface area contributed by atoms with E-state index in [-0.39, 0.29) is 11.0 Å². The van der Waals surface area contributed by atoms with Crippen LogP contribution in [-0.2, 0) is 19.6 Å². The molecule has 0 saturated heterocycles. The van der Waals surface area contributed by atoms with E-state index in [1.165, 1.54) is 12.1 Å². The molecule has 7 nitrogen and oxygen atoms in total. The minimum absolute atomic E-state index is 0.121. The average molecular weight is 392 g/mol. The monoisotopic (exact) mass is 392 g/mol. The highest BCUT2D eigenvalue weighted by Gasteiger charge is 2.14. The van der Waals surface area contributed by atoms with Gasteiger partial charge in [-0.3, -0.25) is 4.55 Å². The molecular weight excluding hydrogens is 368 g/mol. The lowest BCUT2D eigenvalue weighted by Gasteiger charge is -2.13. The third-order valence-electron chi connectivity index (χ3n) is 3.69. The summed E-state index contributed by atoms with van der Waals surface area (Å²) in [6.45, 7) is 6.44. The van der Waals surface area contributed by atoms with E-state index in [2.05, 4.69) is 10.6 Å². The smallest absolute Gasteiger partial charge is 0.332 e. The maximum atomic E-state index is 11.6. The molecule has 0 atom stereocenters. The molecular formula is C19H24N2O5S. The number of carbonyl (C=O) groups is 1. The summed E-state index contributed by atoms with van der Waals surface area (Å²) in [5.41, 5.74) is 1.44. The summed E-state index contributed by atoms with van der Waals surface area (Å²) in [5, 5.41) is 7.47. The van der Waals surface area contributed by atoms with Gasteiger partial charge in [-0.25, -0.2) is 4.79 Å². The number of nitrogens with one attached hydrogen (secondary N) is 2. The molecule has 0 unspecified atom stereocenters. The molecule has 2 aromatic carbocycles. The number of esters is 1. The molecule has 8 heteroatoms. The molecule has 3 N–H and O–H groups in total. The number of hydrogen-bond acceptors (Lipinski definition) is 6. The number of fused-ring (bicyclic) bond motifs is 1. The fourth-order valence-corrected chi connectivity index (χ4v) is 3.32. The molecule has 2 aromatic rings. The Bertz CT molecular complexity index is 952. The molecule has 0 heterocycles. The lowest BCUT2D eigenvalue weighted by atomic mass is 10.1. The fraction of sp³-hybridized carbons (Fsp3) is 0.316. The van der Waals surface area contributed by atoms with Crippen molar-refractivity contribution in [3.05, 3.63) is 48.2 Å². The number of allylic oxidation sites excluding steroid dienone is 1. The van der Waals surface area contributed by atoms with Gasteiger partial charge in [0, 0.05) is 41.3 Å². The molecule has 0 aliphatic rings. The van der Waals surface area contributed by atoms with Gasteiger partial charge in [0.1, 0.15) is 4.90 Å². The van der Waals surface area contributed by atoms with Crippen LogP contribution in [0.1, 0.15) is 20.8 Å². The number of carbonyl (C=O) groups excluding carboxylic acids is 1. The SMILES string of the molecule is C/C(=C/C(=O)OC(C)C)NCCNc1cccc2c(S(=O)(=O)O)cccc12. The second-order valence-electron chi connectivity index (χ2n) is 6.30. The van der Waals surface area contributed by atoms with Crippen molar-refractivity contribution in [3.8, 4) is 0 Å². The second-order valence-corrected chi connectivity index (χ2v) is 7.69. The minimum atomic E-state index is -4.29. The van der Waals surface area contributed by atoms with Gasteiger partial charge in [-0.05, 0) is 32.9 Å². The third-order valence-corrected chi connectivity index (χ3v) is 4.60. The van der Waals surface area contributed by atoms with E-state index < -0.39 is 16.1 Å². The number of benzene rings is 2. The molecule has 0 bridgehead atoms. The van der Waals surface area contributed by atoms with E-state index in [0.29, 0.717) is 29.6 Å². The normalized spacial score (nSPS) is 12.3. The molecule has 0 aromatic heterocycles. The Hall–Kier alpha value is -2.58. The second kappa shape index (κ2) is 8.88. The largest absolute Gasteiger partial charge is 0.460 e. The van der Waals surface area contributed by atoms with Crippen molar-refractivity contribution >= 4 is 32.5 Å². The Morgan fingerprint density at radius 3 is 2.48 bits per heavy atom. The summed E-state index contributed by atoms with van der Waals surface area (Å²) >= 11 is 0. The van der Waals surface area contributed by atoms with Crippen LogP contribution >= 0.6 is 0 Å². The first-order valence-electron chi connectivity index (χ1n) is 8.54. The quantitative estimate of drug-likeness (QED) is 0.274. The van der Waals surface area contributed by atoms with Crippen LogP contribution < -0.4 is 10.6 Å². The van der Waals surface area contributed by atoms with Crippen molar-refractivity contribution in [1.82, 2.24) is 5.32 Å². The summed E-state index contributed by atoms with van der Waals surface area (Å²) in [7, 11) is -4.29. The molecule has 0 aliphatic heterocycles. The first kappa shape index (κ1) is 20.7. The van der Waals surface area contributed by atoms with E-state index in [1.54, 1.807) is 45.0 Å². The summed E-state index contributed by atoms with van der Waals surface area (Å²) in [4.78, 5) is 11.4. The predicted octanol–water partition coefficient (Wildman–Crippen LogP) is 2.94. The van der Waals surface area contributed by atoms with Gasteiger partial charge in [0.05, 0.1) is 6.10 Å². The highest BCUT2D eigenvalue weighted by atomic mass is 32.2.